The van der Waals surface area contributed by atoms with Gasteiger partial charge in [-0.25, -0.2) is 0 Å². The lowest BCUT2D eigenvalue weighted by Gasteiger charge is -2.63. The molecule has 26 heavy (non-hydrogen) atoms. The van der Waals surface area contributed by atoms with Crippen molar-refractivity contribution in [2.75, 3.05) is 13.7 Å². The van der Waals surface area contributed by atoms with E-state index in [1.165, 1.54) is 36.9 Å². The van der Waals surface area contributed by atoms with Crippen molar-refractivity contribution in [3.63, 3.8) is 0 Å². The minimum absolute atomic E-state index is 0.302. The molecule has 4 atom stereocenters. The van der Waals surface area contributed by atoms with Crippen LogP contribution < -0.4 is 10.6 Å². The van der Waals surface area contributed by atoms with Crippen molar-refractivity contribution in [1.29, 1.82) is 0 Å². The zero-order chi connectivity index (χ0) is 18.5. The Hall–Kier alpha value is -1.56. The van der Waals surface area contributed by atoms with E-state index < -0.39 is 0 Å². The highest BCUT2D eigenvalue weighted by Crippen LogP contribution is 2.62. The molecular weight excluding hydrogens is 326 g/mol. The molecule has 3 aliphatic rings. The number of fused-ring (bicyclic) bond motifs is 2. The summed E-state index contributed by atoms with van der Waals surface area (Å²) in [7, 11) is 3.89. The lowest BCUT2D eigenvalue weighted by Crippen LogP contribution is -2.72. The smallest absolute Gasteiger partial charge is 0.191 e. The minimum Gasteiger partial charge on any atom is -0.377 e. The second-order valence-electron chi connectivity index (χ2n) is 8.55. The summed E-state index contributed by atoms with van der Waals surface area (Å²) in [6.45, 7) is 7.39. The van der Waals surface area contributed by atoms with Gasteiger partial charge in [0.2, 0.25) is 0 Å². The molecule has 144 valence electrons. The van der Waals surface area contributed by atoms with Crippen molar-refractivity contribution < 1.29 is 4.74 Å². The van der Waals surface area contributed by atoms with Gasteiger partial charge in [0, 0.05) is 49.8 Å². The van der Waals surface area contributed by atoms with Crippen molar-refractivity contribution in [2.24, 2.45) is 23.4 Å². The maximum absolute atomic E-state index is 6.03. The molecule has 0 aromatic carbocycles. The first-order valence-electron chi connectivity index (χ1n) is 10.1. The number of aliphatic imine (C=N–C) groups is 1. The van der Waals surface area contributed by atoms with Crippen LogP contribution in [0.5, 0.6) is 0 Å². The van der Waals surface area contributed by atoms with Gasteiger partial charge < -0.3 is 15.4 Å². The fourth-order valence-electron chi connectivity index (χ4n) is 5.48. The van der Waals surface area contributed by atoms with Gasteiger partial charge in [-0.1, -0.05) is 6.42 Å². The topological polar surface area (TPSA) is 63.5 Å². The van der Waals surface area contributed by atoms with E-state index in [1.807, 2.05) is 18.8 Å². The van der Waals surface area contributed by atoms with Crippen molar-refractivity contribution in [2.45, 2.75) is 71.1 Å². The summed E-state index contributed by atoms with van der Waals surface area (Å²) in [5, 5.41) is 11.9. The second-order valence-corrected chi connectivity index (χ2v) is 8.55. The zero-order valence-corrected chi connectivity index (χ0v) is 16.8. The second kappa shape index (κ2) is 6.55. The quantitative estimate of drug-likeness (QED) is 0.638. The molecule has 1 aliphatic heterocycles. The van der Waals surface area contributed by atoms with Crippen LogP contribution in [0.4, 0.5) is 0 Å². The Morgan fingerprint density at radius 3 is 2.77 bits per heavy atom. The van der Waals surface area contributed by atoms with E-state index in [0.717, 1.165) is 24.7 Å². The minimum atomic E-state index is 0.302. The summed E-state index contributed by atoms with van der Waals surface area (Å²) in [4.78, 5) is 4.51. The van der Waals surface area contributed by atoms with Gasteiger partial charge in [0.25, 0.3) is 0 Å². The maximum atomic E-state index is 6.03. The zero-order valence-electron chi connectivity index (χ0n) is 16.8. The summed E-state index contributed by atoms with van der Waals surface area (Å²) >= 11 is 0. The van der Waals surface area contributed by atoms with Crippen LogP contribution in [-0.2, 0) is 18.2 Å². The molecule has 6 nitrogen and oxygen atoms in total. The fourth-order valence-corrected chi connectivity index (χ4v) is 5.48. The van der Waals surface area contributed by atoms with Gasteiger partial charge in [-0.2, -0.15) is 5.10 Å². The number of nitrogens with one attached hydrogen (secondary N) is 2. The SMILES string of the molecule is CN=C(NC(C)Cc1c(C)nn(C)c1C)NC1C2CCOC2C12CCC2. The van der Waals surface area contributed by atoms with Crippen LogP contribution in [0.1, 0.15) is 49.6 Å². The van der Waals surface area contributed by atoms with E-state index in [9.17, 15) is 0 Å². The molecule has 1 aromatic heterocycles. The predicted octanol–water partition coefficient (Wildman–Crippen LogP) is 2.09. The number of ether oxygens (including phenoxy) is 1. The van der Waals surface area contributed by atoms with Crippen molar-refractivity contribution in [3.8, 4) is 0 Å². The monoisotopic (exact) mass is 359 g/mol. The van der Waals surface area contributed by atoms with E-state index in [1.54, 1.807) is 0 Å². The normalized spacial score (nSPS) is 30.5. The van der Waals surface area contributed by atoms with Gasteiger partial charge >= 0.3 is 0 Å². The van der Waals surface area contributed by atoms with Gasteiger partial charge in [0.05, 0.1) is 11.8 Å². The molecular formula is C20H33N5O. The van der Waals surface area contributed by atoms with E-state index >= 15 is 0 Å². The number of aryl methyl sites for hydroxylation is 2. The summed E-state index contributed by atoms with van der Waals surface area (Å²) < 4.78 is 8.01. The van der Waals surface area contributed by atoms with Crippen LogP contribution in [0.2, 0.25) is 0 Å². The fraction of sp³-hybridized carbons (Fsp3) is 0.800. The summed E-state index contributed by atoms with van der Waals surface area (Å²) in [6, 6.07) is 0.819. The number of guanidine groups is 1. The molecule has 1 spiro atoms. The van der Waals surface area contributed by atoms with Gasteiger partial charge in [-0.15, -0.1) is 0 Å². The molecule has 1 saturated heterocycles. The van der Waals surface area contributed by atoms with Crippen molar-refractivity contribution >= 4 is 5.96 Å². The molecule has 2 heterocycles. The molecule has 0 radical (unpaired) electrons. The van der Waals surface area contributed by atoms with Crippen LogP contribution >= 0.6 is 0 Å². The Bertz CT molecular complexity index is 705. The number of rotatable bonds is 4. The first-order valence-corrected chi connectivity index (χ1v) is 10.1. The van der Waals surface area contributed by atoms with Crippen LogP contribution in [-0.4, -0.2) is 47.6 Å². The molecule has 2 aliphatic carbocycles. The first-order chi connectivity index (χ1) is 12.5. The Kier molecular flexibility index (Phi) is 4.49. The highest BCUT2D eigenvalue weighted by Gasteiger charge is 2.66. The average molecular weight is 360 g/mol. The lowest BCUT2D eigenvalue weighted by molar-refractivity contribution is -0.171. The standard InChI is InChI=1S/C20H33N5O/c1-12(11-16-13(2)24-25(5)14(16)3)22-19(21-4)23-17-15-7-10-26-18(15)20(17)8-6-9-20/h12,15,17-18H,6-11H2,1-5H3,(H2,21,22,23). The van der Waals surface area contributed by atoms with E-state index in [0.29, 0.717) is 29.5 Å². The molecule has 4 unspecified atom stereocenters. The van der Waals surface area contributed by atoms with Gasteiger partial charge in [0.15, 0.2) is 5.96 Å². The highest BCUT2D eigenvalue weighted by atomic mass is 16.5. The molecule has 2 saturated carbocycles. The van der Waals surface area contributed by atoms with Crippen LogP contribution in [0.3, 0.4) is 0 Å². The van der Waals surface area contributed by atoms with Crippen molar-refractivity contribution in [1.82, 2.24) is 20.4 Å². The first kappa shape index (κ1) is 17.8. The summed E-state index contributed by atoms with van der Waals surface area (Å²) in [5.74, 6) is 1.59. The molecule has 3 fully saturated rings. The summed E-state index contributed by atoms with van der Waals surface area (Å²) in [5.41, 5.74) is 4.09. The van der Waals surface area contributed by atoms with Crippen molar-refractivity contribution in [3.05, 3.63) is 17.0 Å². The third-order valence-electron chi connectivity index (χ3n) is 7.10. The largest absolute Gasteiger partial charge is 0.377 e. The van der Waals surface area contributed by atoms with Gasteiger partial charge in [-0.3, -0.25) is 9.67 Å². The van der Waals surface area contributed by atoms with Gasteiger partial charge in [-0.05, 0) is 52.0 Å². The van der Waals surface area contributed by atoms with E-state index in [2.05, 4.69) is 41.5 Å². The summed E-state index contributed by atoms with van der Waals surface area (Å²) in [6.07, 6.45) is 6.57. The van der Waals surface area contributed by atoms with Crippen LogP contribution in [0.15, 0.2) is 4.99 Å². The van der Waals surface area contributed by atoms with Gasteiger partial charge in [0.1, 0.15) is 0 Å². The average Bonchev–Trinajstić information content (AvgIpc) is 3.08. The number of hydrogen-bond acceptors (Lipinski definition) is 3. The Labute approximate surface area is 156 Å². The Morgan fingerprint density at radius 1 is 1.42 bits per heavy atom. The number of hydrogen-bond donors (Lipinski definition) is 2. The lowest BCUT2D eigenvalue weighted by atomic mass is 9.46. The number of aromatic nitrogens is 2. The molecule has 1 aromatic rings. The highest BCUT2D eigenvalue weighted by molar-refractivity contribution is 5.80. The molecule has 2 N–H and O–H groups in total. The van der Waals surface area contributed by atoms with E-state index in [4.69, 9.17) is 4.74 Å². The van der Waals surface area contributed by atoms with Crippen LogP contribution in [0, 0.1) is 25.2 Å². The third-order valence-corrected chi connectivity index (χ3v) is 7.10. The molecule has 0 amide bonds. The third kappa shape index (κ3) is 2.65. The maximum Gasteiger partial charge on any atom is 0.191 e. The van der Waals surface area contributed by atoms with E-state index in [-0.39, 0.29) is 0 Å². The Morgan fingerprint density at radius 2 is 2.19 bits per heavy atom. The molecule has 0 bridgehead atoms. The number of nitrogens with zero attached hydrogens (tertiary/aromatic N) is 3. The Balaban J connectivity index is 1.39. The molecule has 6 heteroatoms. The van der Waals surface area contributed by atoms with Crippen LogP contribution in [0.25, 0.3) is 0 Å². The predicted molar refractivity (Wildman–Crippen MR) is 103 cm³/mol. The molecule has 4 rings (SSSR count).